The van der Waals surface area contributed by atoms with Gasteiger partial charge in [0, 0.05) is 37.2 Å². The lowest BCUT2D eigenvalue weighted by Crippen LogP contribution is -2.33. The molecule has 5 heteroatoms. The first-order chi connectivity index (χ1) is 6.45. The van der Waals surface area contributed by atoms with Crippen molar-refractivity contribution in [2.45, 2.75) is 12.5 Å². The second kappa shape index (κ2) is 2.92. The summed E-state index contributed by atoms with van der Waals surface area (Å²) in [5.41, 5.74) is 0. The molecule has 1 aromatic rings. The summed E-state index contributed by atoms with van der Waals surface area (Å²) in [5.74, 6) is 0.837. The number of fused-ring (bicyclic) bond motifs is 1. The Bertz CT molecular complexity index is 286. The van der Waals surface area contributed by atoms with E-state index in [4.69, 9.17) is 0 Å². The summed E-state index contributed by atoms with van der Waals surface area (Å²) in [6.45, 7) is 3.45. The normalized spacial score (nSPS) is 32.5. The summed E-state index contributed by atoms with van der Waals surface area (Å²) in [7, 11) is 0. The second-order valence-corrected chi connectivity index (χ2v) is 4.45. The predicted molar refractivity (Wildman–Crippen MR) is 52.0 cm³/mol. The van der Waals surface area contributed by atoms with Crippen molar-refractivity contribution in [3.63, 3.8) is 0 Å². The number of nitrogens with one attached hydrogen (secondary N) is 1. The Labute approximate surface area is 81.1 Å². The number of aromatic nitrogens is 2. The molecular formula is C8H12N4S. The number of anilines is 1. The van der Waals surface area contributed by atoms with E-state index in [1.54, 1.807) is 6.33 Å². The highest BCUT2D eigenvalue weighted by molar-refractivity contribution is 7.09. The van der Waals surface area contributed by atoms with E-state index in [-0.39, 0.29) is 0 Å². The maximum atomic E-state index is 4.26. The summed E-state index contributed by atoms with van der Waals surface area (Å²) in [6.07, 6.45) is 2.95. The van der Waals surface area contributed by atoms with Gasteiger partial charge in [-0.25, -0.2) is 4.98 Å². The number of nitrogens with zero attached hydrogens (tertiary/aromatic N) is 3. The third kappa shape index (κ3) is 1.14. The molecule has 0 aliphatic carbocycles. The zero-order valence-electron chi connectivity index (χ0n) is 7.31. The quantitative estimate of drug-likeness (QED) is 0.703. The van der Waals surface area contributed by atoms with E-state index in [2.05, 4.69) is 19.6 Å². The molecule has 2 saturated heterocycles. The maximum absolute atomic E-state index is 4.26. The van der Waals surface area contributed by atoms with Crippen LogP contribution in [-0.4, -0.2) is 35.0 Å². The molecule has 2 aliphatic heterocycles. The Hall–Kier alpha value is -0.680. The van der Waals surface area contributed by atoms with Gasteiger partial charge in [0.2, 0.25) is 5.13 Å². The molecule has 13 heavy (non-hydrogen) atoms. The van der Waals surface area contributed by atoms with Gasteiger partial charge in [0.25, 0.3) is 0 Å². The first-order valence-electron chi connectivity index (χ1n) is 4.69. The Kier molecular flexibility index (Phi) is 1.73. The molecule has 0 spiro atoms. The van der Waals surface area contributed by atoms with E-state index in [1.165, 1.54) is 24.5 Å². The van der Waals surface area contributed by atoms with E-state index in [0.717, 1.165) is 24.1 Å². The molecule has 0 unspecified atom stereocenters. The monoisotopic (exact) mass is 196 g/mol. The highest BCUT2D eigenvalue weighted by Crippen LogP contribution is 2.31. The van der Waals surface area contributed by atoms with E-state index in [1.807, 2.05) is 0 Å². The lowest BCUT2D eigenvalue weighted by Gasteiger charge is -2.21. The fourth-order valence-electron chi connectivity index (χ4n) is 2.38. The van der Waals surface area contributed by atoms with Crippen LogP contribution in [0.1, 0.15) is 6.42 Å². The molecule has 2 fully saturated rings. The van der Waals surface area contributed by atoms with Crippen LogP contribution in [0.4, 0.5) is 5.13 Å². The third-order valence-corrected chi connectivity index (χ3v) is 3.74. The van der Waals surface area contributed by atoms with Crippen LogP contribution in [0.25, 0.3) is 0 Å². The van der Waals surface area contributed by atoms with Gasteiger partial charge in [-0.3, -0.25) is 0 Å². The Morgan fingerprint density at radius 1 is 1.54 bits per heavy atom. The molecule has 0 bridgehead atoms. The van der Waals surface area contributed by atoms with Crippen molar-refractivity contribution in [1.29, 1.82) is 0 Å². The number of hydrogen-bond acceptors (Lipinski definition) is 5. The van der Waals surface area contributed by atoms with E-state index in [0.29, 0.717) is 6.04 Å². The van der Waals surface area contributed by atoms with Crippen molar-refractivity contribution in [1.82, 2.24) is 14.7 Å². The molecular weight excluding hydrogens is 184 g/mol. The molecule has 3 heterocycles. The van der Waals surface area contributed by atoms with Crippen molar-refractivity contribution in [3.05, 3.63) is 6.33 Å². The van der Waals surface area contributed by atoms with Crippen molar-refractivity contribution in [3.8, 4) is 0 Å². The van der Waals surface area contributed by atoms with Crippen LogP contribution in [-0.2, 0) is 0 Å². The fraction of sp³-hybridized carbons (Fsp3) is 0.750. The molecule has 3 rings (SSSR count). The van der Waals surface area contributed by atoms with Crippen molar-refractivity contribution in [2.75, 3.05) is 24.5 Å². The van der Waals surface area contributed by atoms with Gasteiger partial charge in [-0.15, -0.1) is 0 Å². The van der Waals surface area contributed by atoms with Crippen LogP contribution in [0.15, 0.2) is 6.33 Å². The van der Waals surface area contributed by atoms with Gasteiger partial charge in [0.1, 0.15) is 6.33 Å². The molecule has 0 saturated carbocycles. The number of hydrogen-bond donors (Lipinski definition) is 1. The SMILES string of the molecule is c1nsc(N2CC[C@H]3CNC[C@H]32)n1. The Balaban J connectivity index is 1.86. The highest BCUT2D eigenvalue weighted by Gasteiger charge is 2.38. The van der Waals surface area contributed by atoms with Gasteiger partial charge in [0.15, 0.2) is 0 Å². The molecule has 0 aromatic carbocycles. The minimum absolute atomic E-state index is 0.674. The van der Waals surface area contributed by atoms with Crippen molar-refractivity contribution in [2.24, 2.45) is 5.92 Å². The van der Waals surface area contributed by atoms with Crippen LogP contribution in [0.3, 0.4) is 0 Å². The summed E-state index contributed by atoms with van der Waals surface area (Å²) < 4.78 is 4.05. The van der Waals surface area contributed by atoms with Crippen LogP contribution in [0, 0.1) is 5.92 Å². The second-order valence-electron chi connectivity index (χ2n) is 3.69. The van der Waals surface area contributed by atoms with Gasteiger partial charge in [-0.1, -0.05) is 0 Å². The summed E-state index contributed by atoms with van der Waals surface area (Å²) in [5, 5.41) is 4.52. The average Bonchev–Trinajstić information content (AvgIpc) is 2.79. The van der Waals surface area contributed by atoms with Crippen LogP contribution >= 0.6 is 11.5 Å². The molecule has 2 aliphatic rings. The lowest BCUT2D eigenvalue weighted by molar-refractivity contribution is 0.578. The highest BCUT2D eigenvalue weighted by atomic mass is 32.1. The van der Waals surface area contributed by atoms with E-state index in [9.17, 15) is 0 Å². The van der Waals surface area contributed by atoms with E-state index >= 15 is 0 Å². The minimum atomic E-state index is 0.674. The topological polar surface area (TPSA) is 41.1 Å². The molecule has 0 radical (unpaired) electrons. The molecule has 70 valence electrons. The first kappa shape index (κ1) is 7.70. The van der Waals surface area contributed by atoms with Crippen LogP contribution in [0.2, 0.25) is 0 Å². The summed E-state index contributed by atoms with van der Waals surface area (Å²) >= 11 is 1.51. The van der Waals surface area contributed by atoms with Gasteiger partial charge in [0.05, 0.1) is 0 Å². The number of rotatable bonds is 1. The fourth-order valence-corrected chi connectivity index (χ4v) is 2.99. The average molecular weight is 196 g/mol. The third-order valence-electron chi connectivity index (χ3n) is 3.04. The van der Waals surface area contributed by atoms with Gasteiger partial charge >= 0.3 is 0 Å². The molecule has 0 amide bonds. The molecule has 1 N–H and O–H groups in total. The van der Waals surface area contributed by atoms with Crippen LogP contribution in [0.5, 0.6) is 0 Å². The molecule has 2 atom stereocenters. The van der Waals surface area contributed by atoms with Crippen molar-refractivity contribution >= 4 is 16.7 Å². The largest absolute Gasteiger partial charge is 0.342 e. The van der Waals surface area contributed by atoms with Gasteiger partial charge < -0.3 is 10.2 Å². The Morgan fingerprint density at radius 2 is 2.54 bits per heavy atom. The van der Waals surface area contributed by atoms with E-state index < -0.39 is 0 Å². The van der Waals surface area contributed by atoms with Gasteiger partial charge in [-0.05, 0) is 12.3 Å². The summed E-state index contributed by atoms with van der Waals surface area (Å²) in [4.78, 5) is 6.67. The van der Waals surface area contributed by atoms with Crippen LogP contribution < -0.4 is 10.2 Å². The zero-order valence-corrected chi connectivity index (χ0v) is 8.13. The predicted octanol–water partition coefficient (Wildman–Crippen LogP) is 0.336. The lowest BCUT2D eigenvalue weighted by atomic mass is 10.1. The summed E-state index contributed by atoms with van der Waals surface area (Å²) in [6, 6.07) is 0.674. The zero-order chi connectivity index (χ0) is 8.67. The first-order valence-corrected chi connectivity index (χ1v) is 5.46. The Morgan fingerprint density at radius 3 is 3.38 bits per heavy atom. The smallest absolute Gasteiger partial charge is 0.205 e. The maximum Gasteiger partial charge on any atom is 0.205 e. The molecule has 4 nitrogen and oxygen atoms in total. The molecule has 1 aromatic heterocycles. The van der Waals surface area contributed by atoms with Gasteiger partial charge in [-0.2, -0.15) is 4.37 Å². The standard InChI is InChI=1S/C8H12N4S/c1-2-12(8-10-5-11-13-8)7-4-9-3-6(1)7/h5-7,9H,1-4H2/t6-,7+/m0/s1. The van der Waals surface area contributed by atoms with Crippen molar-refractivity contribution < 1.29 is 0 Å². The minimum Gasteiger partial charge on any atom is -0.342 e.